The van der Waals surface area contributed by atoms with Gasteiger partial charge in [0.25, 0.3) is 0 Å². The minimum Gasteiger partial charge on any atom is -0.388 e. The molecule has 1 unspecified atom stereocenters. The lowest BCUT2D eigenvalue weighted by Crippen LogP contribution is -2.49. The zero-order valence-electron chi connectivity index (χ0n) is 16.2. The van der Waals surface area contributed by atoms with Crippen molar-refractivity contribution in [1.29, 1.82) is 0 Å². The van der Waals surface area contributed by atoms with Crippen LogP contribution in [0.5, 0.6) is 0 Å². The third-order valence-corrected chi connectivity index (χ3v) is 6.04. The van der Waals surface area contributed by atoms with Crippen molar-refractivity contribution in [3.63, 3.8) is 0 Å². The van der Waals surface area contributed by atoms with E-state index >= 15 is 0 Å². The Morgan fingerprint density at radius 2 is 2.03 bits per heavy atom. The number of carbonyl (C=O) groups is 1. The minimum absolute atomic E-state index is 0.0705. The predicted molar refractivity (Wildman–Crippen MR) is 104 cm³/mol. The van der Waals surface area contributed by atoms with Crippen molar-refractivity contribution in [3.05, 3.63) is 28.9 Å². The summed E-state index contributed by atoms with van der Waals surface area (Å²) in [5.41, 5.74) is 0.830. The SMILES string of the molecule is CC(C)(C1CCN(C(=O)NCC(F)(F)F)CC1)C(O)c1cc(Cl)cc2cn[nH]c12. The Morgan fingerprint density at radius 1 is 1.38 bits per heavy atom. The lowest BCUT2D eigenvalue weighted by atomic mass is 9.68. The molecular weight excluding hydrogens is 409 g/mol. The van der Waals surface area contributed by atoms with E-state index in [1.165, 1.54) is 4.90 Å². The molecule has 2 aromatic rings. The van der Waals surface area contributed by atoms with Gasteiger partial charge in [-0.05, 0) is 36.3 Å². The van der Waals surface area contributed by atoms with Gasteiger partial charge in [0.2, 0.25) is 0 Å². The van der Waals surface area contributed by atoms with Gasteiger partial charge in [-0.25, -0.2) is 4.79 Å². The summed E-state index contributed by atoms with van der Waals surface area (Å²) in [5.74, 6) is 0.0705. The first-order valence-corrected chi connectivity index (χ1v) is 9.77. The summed E-state index contributed by atoms with van der Waals surface area (Å²) in [4.78, 5) is 13.3. The van der Waals surface area contributed by atoms with Gasteiger partial charge in [-0.2, -0.15) is 18.3 Å². The van der Waals surface area contributed by atoms with E-state index in [1.54, 1.807) is 18.3 Å². The normalized spacial score (nSPS) is 17.6. The van der Waals surface area contributed by atoms with Crippen LogP contribution in [0.4, 0.5) is 18.0 Å². The summed E-state index contributed by atoms with van der Waals surface area (Å²) in [7, 11) is 0. The molecular formula is C19H24ClF3N4O2. The van der Waals surface area contributed by atoms with Crippen LogP contribution in [0.1, 0.15) is 38.4 Å². The average molecular weight is 433 g/mol. The number of likely N-dealkylation sites (tertiary alicyclic amines) is 1. The van der Waals surface area contributed by atoms with Crippen LogP contribution in [-0.4, -0.2) is 52.0 Å². The zero-order valence-corrected chi connectivity index (χ0v) is 16.9. The van der Waals surface area contributed by atoms with Gasteiger partial charge in [-0.15, -0.1) is 0 Å². The number of fused-ring (bicyclic) bond motifs is 1. The highest BCUT2D eigenvalue weighted by atomic mass is 35.5. The Kier molecular flexibility index (Phi) is 6.01. The standard InChI is InChI=1S/C19H24ClF3N4O2/c1-18(2,16(28)14-8-13(20)7-11-9-25-26-15(11)14)12-3-5-27(6-4-12)17(29)24-10-19(21,22)23/h7-9,12,16,28H,3-6,10H2,1-2H3,(H,24,29)(H,25,26). The van der Waals surface area contributed by atoms with Gasteiger partial charge in [0.1, 0.15) is 6.54 Å². The zero-order chi connectivity index (χ0) is 21.4. The Bertz CT molecular complexity index is 876. The number of carbonyl (C=O) groups excluding carboxylic acids is 1. The van der Waals surface area contributed by atoms with E-state index in [0.717, 1.165) is 10.9 Å². The van der Waals surface area contributed by atoms with Crippen LogP contribution in [0.2, 0.25) is 5.02 Å². The van der Waals surface area contributed by atoms with Crippen LogP contribution >= 0.6 is 11.6 Å². The van der Waals surface area contributed by atoms with Gasteiger partial charge in [0.15, 0.2) is 0 Å². The molecule has 2 amide bonds. The van der Waals surface area contributed by atoms with Crippen molar-refractivity contribution in [3.8, 4) is 0 Å². The number of alkyl halides is 3. The van der Waals surface area contributed by atoms with Crippen LogP contribution < -0.4 is 5.32 Å². The number of halogens is 4. The number of aliphatic hydroxyl groups excluding tert-OH is 1. The van der Waals surface area contributed by atoms with E-state index in [0.29, 0.717) is 36.5 Å². The molecule has 1 aromatic heterocycles. The maximum atomic E-state index is 12.3. The van der Waals surface area contributed by atoms with E-state index < -0.39 is 30.3 Å². The number of amides is 2. The number of aromatic nitrogens is 2. The van der Waals surface area contributed by atoms with Gasteiger partial charge >= 0.3 is 12.2 Å². The van der Waals surface area contributed by atoms with Crippen LogP contribution in [-0.2, 0) is 0 Å². The summed E-state index contributed by atoms with van der Waals surface area (Å²) in [6.45, 7) is 3.22. The largest absolute Gasteiger partial charge is 0.405 e. The van der Waals surface area contributed by atoms with E-state index in [1.807, 2.05) is 19.2 Å². The lowest BCUT2D eigenvalue weighted by molar-refractivity contribution is -0.123. The molecule has 10 heteroatoms. The van der Waals surface area contributed by atoms with Gasteiger partial charge in [0, 0.05) is 29.1 Å². The Hall–Kier alpha value is -2.00. The number of hydrogen-bond acceptors (Lipinski definition) is 3. The van der Waals surface area contributed by atoms with E-state index in [4.69, 9.17) is 11.6 Å². The maximum absolute atomic E-state index is 12.3. The molecule has 1 saturated heterocycles. The first-order valence-electron chi connectivity index (χ1n) is 9.39. The lowest BCUT2D eigenvalue weighted by Gasteiger charge is -2.43. The second-order valence-electron chi connectivity index (χ2n) is 8.09. The summed E-state index contributed by atoms with van der Waals surface area (Å²) in [5, 5.41) is 21.3. The molecule has 1 atom stereocenters. The molecule has 1 aliphatic rings. The van der Waals surface area contributed by atoms with Crippen molar-refractivity contribution in [2.45, 2.75) is 39.0 Å². The molecule has 0 spiro atoms. The van der Waals surface area contributed by atoms with Gasteiger partial charge in [0.05, 0.1) is 17.8 Å². The fourth-order valence-electron chi connectivity index (χ4n) is 4.00. The van der Waals surface area contributed by atoms with Crippen molar-refractivity contribution in [2.24, 2.45) is 11.3 Å². The van der Waals surface area contributed by atoms with Crippen LogP contribution in [0.3, 0.4) is 0 Å². The van der Waals surface area contributed by atoms with Crippen LogP contribution in [0.15, 0.2) is 18.3 Å². The molecule has 3 N–H and O–H groups in total. The first kappa shape index (κ1) is 21.7. The molecule has 1 aliphatic heterocycles. The number of aliphatic hydroxyl groups is 1. The highest BCUT2D eigenvalue weighted by molar-refractivity contribution is 6.31. The van der Waals surface area contributed by atoms with E-state index in [2.05, 4.69) is 10.2 Å². The molecule has 29 heavy (non-hydrogen) atoms. The summed E-state index contributed by atoms with van der Waals surface area (Å²) >= 11 is 6.19. The van der Waals surface area contributed by atoms with Crippen molar-refractivity contribution >= 4 is 28.5 Å². The number of benzene rings is 1. The van der Waals surface area contributed by atoms with Crippen molar-refractivity contribution in [2.75, 3.05) is 19.6 Å². The Labute approximate surface area is 171 Å². The molecule has 1 fully saturated rings. The molecule has 0 saturated carbocycles. The Balaban J connectivity index is 1.68. The number of nitrogens with one attached hydrogen (secondary N) is 2. The molecule has 0 bridgehead atoms. The van der Waals surface area contributed by atoms with Gasteiger partial charge in [-0.3, -0.25) is 5.10 Å². The van der Waals surface area contributed by atoms with Crippen molar-refractivity contribution in [1.82, 2.24) is 20.4 Å². The molecule has 2 heterocycles. The van der Waals surface area contributed by atoms with E-state index in [-0.39, 0.29) is 5.92 Å². The van der Waals surface area contributed by atoms with Gasteiger partial charge in [-0.1, -0.05) is 25.4 Å². The molecule has 160 valence electrons. The highest BCUT2D eigenvalue weighted by Gasteiger charge is 2.40. The maximum Gasteiger partial charge on any atom is 0.405 e. The summed E-state index contributed by atoms with van der Waals surface area (Å²) < 4.78 is 36.9. The fourth-order valence-corrected chi connectivity index (χ4v) is 4.24. The summed E-state index contributed by atoms with van der Waals surface area (Å²) in [6.07, 6.45) is -2.47. The van der Waals surface area contributed by atoms with Crippen LogP contribution in [0.25, 0.3) is 10.9 Å². The smallest absolute Gasteiger partial charge is 0.388 e. The average Bonchev–Trinajstić information content (AvgIpc) is 3.12. The highest BCUT2D eigenvalue weighted by Crippen LogP contribution is 2.46. The van der Waals surface area contributed by atoms with Crippen molar-refractivity contribution < 1.29 is 23.1 Å². The monoisotopic (exact) mass is 432 g/mol. The third-order valence-electron chi connectivity index (χ3n) is 5.82. The second-order valence-corrected chi connectivity index (χ2v) is 8.52. The van der Waals surface area contributed by atoms with Crippen LogP contribution in [0, 0.1) is 11.3 Å². The Morgan fingerprint density at radius 3 is 2.66 bits per heavy atom. The molecule has 3 rings (SSSR count). The number of hydrogen-bond donors (Lipinski definition) is 3. The number of piperidine rings is 1. The molecule has 0 aliphatic carbocycles. The molecule has 0 radical (unpaired) electrons. The number of aromatic amines is 1. The first-order chi connectivity index (χ1) is 13.5. The number of nitrogens with zero attached hydrogens (tertiary/aromatic N) is 2. The number of H-pyrrole nitrogens is 1. The quantitative estimate of drug-likeness (QED) is 0.675. The fraction of sp³-hybridized carbons (Fsp3) is 0.579. The predicted octanol–water partition coefficient (Wildman–Crippen LogP) is 4.26. The molecule has 6 nitrogen and oxygen atoms in total. The number of rotatable bonds is 4. The third kappa shape index (κ3) is 4.78. The summed E-state index contributed by atoms with van der Waals surface area (Å²) in [6, 6.07) is 2.77. The van der Waals surface area contributed by atoms with E-state index in [9.17, 15) is 23.1 Å². The second kappa shape index (κ2) is 8.02. The number of urea groups is 1. The molecule has 1 aromatic carbocycles. The minimum atomic E-state index is -4.44. The topological polar surface area (TPSA) is 81.2 Å². The van der Waals surface area contributed by atoms with Gasteiger partial charge < -0.3 is 15.3 Å².